The summed E-state index contributed by atoms with van der Waals surface area (Å²) in [6.45, 7) is 6.51. The number of rotatable bonds is 2. The summed E-state index contributed by atoms with van der Waals surface area (Å²) in [5.74, 6) is -1.11. The smallest absolute Gasteiger partial charge is 0.162 e. The van der Waals surface area contributed by atoms with Crippen LogP contribution in [-0.2, 0) is 0 Å². The summed E-state index contributed by atoms with van der Waals surface area (Å²) in [6, 6.07) is 3.41. The summed E-state index contributed by atoms with van der Waals surface area (Å²) >= 11 is 0. The summed E-state index contributed by atoms with van der Waals surface area (Å²) in [5.41, 5.74) is 6.86. The van der Waals surface area contributed by atoms with Gasteiger partial charge in [-0.15, -0.1) is 0 Å². The Morgan fingerprint density at radius 1 is 1.26 bits per heavy atom. The molecule has 1 aliphatic rings. The van der Waals surface area contributed by atoms with Gasteiger partial charge in [-0.25, -0.2) is 8.78 Å². The van der Waals surface area contributed by atoms with E-state index in [4.69, 9.17) is 5.73 Å². The largest absolute Gasteiger partial charge is 0.330 e. The zero-order chi connectivity index (χ0) is 14.2. The van der Waals surface area contributed by atoms with E-state index in [0.29, 0.717) is 17.7 Å². The van der Waals surface area contributed by atoms with Crippen molar-refractivity contribution in [2.45, 2.75) is 46.0 Å². The van der Waals surface area contributed by atoms with Crippen molar-refractivity contribution in [1.82, 2.24) is 0 Å². The zero-order valence-electron chi connectivity index (χ0n) is 12.0. The molecule has 0 aromatic heterocycles. The van der Waals surface area contributed by atoms with Gasteiger partial charge in [-0.2, -0.15) is 0 Å². The molecule has 1 nitrogen and oxygen atoms in total. The Morgan fingerprint density at radius 3 is 2.58 bits per heavy atom. The summed E-state index contributed by atoms with van der Waals surface area (Å²) < 4.78 is 28.0. The molecule has 1 aromatic rings. The topological polar surface area (TPSA) is 26.0 Å². The molecule has 3 heteroatoms. The minimum absolute atomic E-state index is 0.0313. The van der Waals surface area contributed by atoms with Crippen molar-refractivity contribution in [2.75, 3.05) is 6.54 Å². The maximum absolute atomic E-state index is 14.2. The molecule has 1 aromatic carbocycles. The van der Waals surface area contributed by atoms with E-state index in [1.807, 2.05) is 0 Å². The lowest BCUT2D eigenvalue weighted by molar-refractivity contribution is 0.163. The Bertz CT molecular complexity index is 468. The van der Waals surface area contributed by atoms with Crippen molar-refractivity contribution in [3.63, 3.8) is 0 Å². The number of hydrogen-bond acceptors (Lipinski definition) is 1. The van der Waals surface area contributed by atoms with Crippen molar-refractivity contribution in [3.05, 3.63) is 34.9 Å². The highest BCUT2D eigenvalue weighted by Crippen LogP contribution is 2.47. The monoisotopic (exact) mass is 267 g/mol. The van der Waals surface area contributed by atoms with Crippen LogP contribution < -0.4 is 5.73 Å². The van der Waals surface area contributed by atoms with E-state index in [2.05, 4.69) is 13.8 Å². The molecule has 0 saturated heterocycles. The minimum atomic E-state index is -0.711. The third-order valence-corrected chi connectivity index (χ3v) is 4.54. The van der Waals surface area contributed by atoms with Crippen LogP contribution >= 0.6 is 0 Å². The lowest BCUT2D eigenvalue weighted by atomic mass is 9.65. The van der Waals surface area contributed by atoms with Gasteiger partial charge in [0.05, 0.1) is 0 Å². The van der Waals surface area contributed by atoms with Gasteiger partial charge in [0, 0.05) is 0 Å². The first kappa shape index (κ1) is 14.4. The van der Waals surface area contributed by atoms with Crippen LogP contribution in [0.25, 0.3) is 0 Å². The predicted octanol–water partition coefficient (Wildman–Crippen LogP) is 4.14. The molecule has 19 heavy (non-hydrogen) atoms. The van der Waals surface area contributed by atoms with Gasteiger partial charge in [0.15, 0.2) is 11.6 Å². The molecule has 0 spiro atoms. The van der Waals surface area contributed by atoms with E-state index < -0.39 is 11.6 Å². The van der Waals surface area contributed by atoms with Gasteiger partial charge in [0.1, 0.15) is 0 Å². The summed E-state index contributed by atoms with van der Waals surface area (Å²) in [5, 5.41) is 0. The average molecular weight is 267 g/mol. The standard InChI is InChI=1S/C16H23F2N/c1-10-4-5-12(15(18)14(10)17)13-8-16(2,3)7-6-11(13)9-19/h4-5,11,13H,6-9,19H2,1-3H3. The number of halogens is 2. The number of benzene rings is 1. The number of hydrogen-bond donors (Lipinski definition) is 1. The molecule has 0 heterocycles. The van der Waals surface area contributed by atoms with Gasteiger partial charge < -0.3 is 5.73 Å². The van der Waals surface area contributed by atoms with E-state index >= 15 is 0 Å². The van der Waals surface area contributed by atoms with Crippen LogP contribution in [0.15, 0.2) is 12.1 Å². The predicted molar refractivity (Wildman–Crippen MR) is 74.0 cm³/mol. The Balaban J connectivity index is 2.40. The van der Waals surface area contributed by atoms with Crippen molar-refractivity contribution >= 4 is 0 Å². The molecule has 1 aliphatic carbocycles. The van der Waals surface area contributed by atoms with E-state index in [1.165, 1.54) is 0 Å². The zero-order valence-corrected chi connectivity index (χ0v) is 12.0. The van der Waals surface area contributed by atoms with Crippen LogP contribution in [0.1, 0.15) is 50.2 Å². The molecule has 1 fully saturated rings. The Morgan fingerprint density at radius 2 is 1.95 bits per heavy atom. The molecule has 106 valence electrons. The molecule has 1 saturated carbocycles. The maximum Gasteiger partial charge on any atom is 0.162 e. The second-order valence-electron chi connectivity index (χ2n) is 6.61. The summed E-state index contributed by atoms with van der Waals surface area (Å²) in [6.07, 6.45) is 2.96. The van der Waals surface area contributed by atoms with Crippen LogP contribution in [0, 0.1) is 29.9 Å². The van der Waals surface area contributed by atoms with Gasteiger partial charge in [0.2, 0.25) is 0 Å². The maximum atomic E-state index is 14.2. The van der Waals surface area contributed by atoms with Gasteiger partial charge in [-0.1, -0.05) is 26.0 Å². The first-order chi connectivity index (χ1) is 8.85. The molecule has 0 bridgehead atoms. The van der Waals surface area contributed by atoms with Gasteiger partial charge in [0.25, 0.3) is 0 Å². The van der Waals surface area contributed by atoms with E-state index in [-0.39, 0.29) is 17.3 Å². The fourth-order valence-electron chi connectivity index (χ4n) is 3.23. The summed E-state index contributed by atoms with van der Waals surface area (Å²) in [4.78, 5) is 0. The SMILES string of the molecule is Cc1ccc(C2CC(C)(C)CCC2CN)c(F)c1F. The van der Waals surface area contributed by atoms with E-state index in [1.54, 1.807) is 19.1 Å². The van der Waals surface area contributed by atoms with Gasteiger partial charge in [-0.3, -0.25) is 0 Å². The molecule has 0 radical (unpaired) electrons. The highest BCUT2D eigenvalue weighted by Gasteiger charge is 2.36. The van der Waals surface area contributed by atoms with Crippen LogP contribution in [0.3, 0.4) is 0 Å². The second-order valence-corrected chi connectivity index (χ2v) is 6.61. The quantitative estimate of drug-likeness (QED) is 0.856. The fourth-order valence-corrected chi connectivity index (χ4v) is 3.23. The van der Waals surface area contributed by atoms with Crippen molar-refractivity contribution in [2.24, 2.45) is 17.1 Å². The lowest BCUT2D eigenvalue weighted by Crippen LogP contribution is -2.33. The highest BCUT2D eigenvalue weighted by molar-refractivity contribution is 5.29. The summed E-state index contributed by atoms with van der Waals surface area (Å²) in [7, 11) is 0. The van der Waals surface area contributed by atoms with Gasteiger partial charge in [-0.05, 0) is 61.1 Å². The molecule has 0 aliphatic heterocycles. The molecular formula is C16H23F2N. The molecule has 0 amide bonds. The van der Waals surface area contributed by atoms with Crippen LogP contribution in [0.4, 0.5) is 8.78 Å². The number of nitrogens with two attached hydrogens (primary N) is 1. The molecule has 2 unspecified atom stereocenters. The fraction of sp³-hybridized carbons (Fsp3) is 0.625. The molecular weight excluding hydrogens is 244 g/mol. The van der Waals surface area contributed by atoms with Crippen LogP contribution in [0.2, 0.25) is 0 Å². The first-order valence-corrected chi connectivity index (χ1v) is 7.00. The molecule has 2 N–H and O–H groups in total. The average Bonchev–Trinajstić information content (AvgIpc) is 2.35. The van der Waals surface area contributed by atoms with Gasteiger partial charge >= 0.3 is 0 Å². The highest BCUT2D eigenvalue weighted by atomic mass is 19.2. The van der Waals surface area contributed by atoms with Crippen molar-refractivity contribution in [1.29, 1.82) is 0 Å². The van der Waals surface area contributed by atoms with E-state index in [9.17, 15) is 8.78 Å². The normalized spacial score (nSPS) is 26.4. The van der Waals surface area contributed by atoms with Crippen LogP contribution in [0.5, 0.6) is 0 Å². The first-order valence-electron chi connectivity index (χ1n) is 7.00. The Labute approximate surface area is 114 Å². The molecule has 2 atom stereocenters. The number of aryl methyl sites for hydroxylation is 1. The second kappa shape index (κ2) is 5.20. The van der Waals surface area contributed by atoms with Crippen molar-refractivity contribution in [3.8, 4) is 0 Å². The van der Waals surface area contributed by atoms with Crippen molar-refractivity contribution < 1.29 is 8.78 Å². The lowest BCUT2D eigenvalue weighted by Gasteiger charge is -2.41. The van der Waals surface area contributed by atoms with E-state index in [0.717, 1.165) is 19.3 Å². The Hall–Kier alpha value is -0.960. The third kappa shape index (κ3) is 2.81. The third-order valence-electron chi connectivity index (χ3n) is 4.54. The molecule has 2 rings (SSSR count). The van der Waals surface area contributed by atoms with Crippen LogP contribution in [-0.4, -0.2) is 6.54 Å². The minimum Gasteiger partial charge on any atom is -0.330 e. The Kier molecular flexibility index (Phi) is 3.95.